The standard InChI is InChI=1S/C11H15NO2/c1-7-11(12)10-4-3-9(13-2)5-8(10)6-14-7/h3-5,7,11H,6,12H2,1-2H3/t7-,11+/m0/s1. The van der Waals surface area contributed by atoms with Crippen LogP contribution in [-0.4, -0.2) is 13.2 Å². The average molecular weight is 193 g/mol. The number of ether oxygens (including phenoxy) is 2. The molecule has 0 spiro atoms. The van der Waals surface area contributed by atoms with Crippen LogP contribution in [0.5, 0.6) is 5.75 Å². The second-order valence-corrected chi connectivity index (χ2v) is 3.61. The minimum absolute atomic E-state index is 0.0235. The predicted molar refractivity (Wildman–Crippen MR) is 54.2 cm³/mol. The van der Waals surface area contributed by atoms with E-state index < -0.39 is 0 Å². The second kappa shape index (κ2) is 3.59. The minimum atomic E-state index is -0.0235. The van der Waals surface area contributed by atoms with E-state index in [1.165, 1.54) is 5.56 Å². The molecule has 0 saturated carbocycles. The van der Waals surface area contributed by atoms with E-state index in [1.807, 2.05) is 25.1 Å². The van der Waals surface area contributed by atoms with Gasteiger partial charge in [0.15, 0.2) is 0 Å². The fraction of sp³-hybridized carbons (Fsp3) is 0.455. The molecule has 0 saturated heterocycles. The van der Waals surface area contributed by atoms with Crippen molar-refractivity contribution in [3.63, 3.8) is 0 Å². The SMILES string of the molecule is COc1ccc2c(c1)CO[C@@H](C)[C@H]2N. The molecule has 0 unspecified atom stereocenters. The second-order valence-electron chi connectivity index (χ2n) is 3.61. The van der Waals surface area contributed by atoms with Gasteiger partial charge >= 0.3 is 0 Å². The summed E-state index contributed by atoms with van der Waals surface area (Å²) in [7, 11) is 1.66. The third-order valence-corrected chi connectivity index (χ3v) is 2.72. The molecule has 2 atom stereocenters. The summed E-state index contributed by atoms with van der Waals surface area (Å²) >= 11 is 0. The first-order valence-corrected chi connectivity index (χ1v) is 4.76. The van der Waals surface area contributed by atoms with E-state index in [1.54, 1.807) is 7.11 Å². The smallest absolute Gasteiger partial charge is 0.119 e. The van der Waals surface area contributed by atoms with Gasteiger partial charge in [-0.25, -0.2) is 0 Å². The van der Waals surface area contributed by atoms with Crippen molar-refractivity contribution in [2.75, 3.05) is 7.11 Å². The zero-order valence-corrected chi connectivity index (χ0v) is 8.49. The van der Waals surface area contributed by atoms with Crippen LogP contribution in [0.1, 0.15) is 24.1 Å². The van der Waals surface area contributed by atoms with Crippen molar-refractivity contribution in [2.24, 2.45) is 5.73 Å². The van der Waals surface area contributed by atoms with Crippen LogP contribution in [0.15, 0.2) is 18.2 Å². The Morgan fingerprint density at radius 3 is 3.00 bits per heavy atom. The lowest BCUT2D eigenvalue weighted by atomic mass is 9.95. The van der Waals surface area contributed by atoms with Crippen molar-refractivity contribution in [2.45, 2.75) is 25.7 Å². The van der Waals surface area contributed by atoms with E-state index in [9.17, 15) is 0 Å². The molecule has 0 amide bonds. The molecule has 0 aliphatic carbocycles. The lowest BCUT2D eigenvalue weighted by Crippen LogP contribution is -2.31. The van der Waals surface area contributed by atoms with Crippen LogP contribution in [0.2, 0.25) is 0 Å². The van der Waals surface area contributed by atoms with Crippen molar-refractivity contribution in [1.82, 2.24) is 0 Å². The van der Waals surface area contributed by atoms with Crippen LogP contribution in [0.25, 0.3) is 0 Å². The monoisotopic (exact) mass is 193 g/mol. The Bertz CT molecular complexity index is 338. The van der Waals surface area contributed by atoms with Crippen LogP contribution in [-0.2, 0) is 11.3 Å². The van der Waals surface area contributed by atoms with Crippen molar-refractivity contribution in [3.05, 3.63) is 29.3 Å². The summed E-state index contributed by atoms with van der Waals surface area (Å²) in [5.74, 6) is 0.856. The molecular weight excluding hydrogens is 178 g/mol. The number of methoxy groups -OCH3 is 1. The molecular formula is C11H15NO2. The van der Waals surface area contributed by atoms with E-state index in [-0.39, 0.29) is 12.1 Å². The normalized spacial score (nSPS) is 25.6. The maximum Gasteiger partial charge on any atom is 0.119 e. The van der Waals surface area contributed by atoms with Gasteiger partial charge in [-0.1, -0.05) is 6.07 Å². The predicted octanol–water partition coefficient (Wildman–Crippen LogP) is 1.61. The molecule has 2 rings (SSSR count). The largest absolute Gasteiger partial charge is 0.497 e. The Morgan fingerprint density at radius 1 is 1.50 bits per heavy atom. The van der Waals surface area contributed by atoms with Crippen molar-refractivity contribution >= 4 is 0 Å². The van der Waals surface area contributed by atoms with Crippen molar-refractivity contribution < 1.29 is 9.47 Å². The number of benzene rings is 1. The quantitative estimate of drug-likeness (QED) is 0.737. The minimum Gasteiger partial charge on any atom is -0.497 e. The lowest BCUT2D eigenvalue weighted by Gasteiger charge is -2.28. The van der Waals surface area contributed by atoms with Gasteiger partial charge in [0, 0.05) is 0 Å². The number of rotatable bonds is 1. The maximum atomic E-state index is 6.02. The summed E-state index contributed by atoms with van der Waals surface area (Å²) in [6.45, 7) is 2.62. The third-order valence-electron chi connectivity index (χ3n) is 2.72. The molecule has 0 bridgehead atoms. The van der Waals surface area contributed by atoms with Gasteiger partial charge in [-0.05, 0) is 30.2 Å². The molecule has 0 aromatic heterocycles. The zero-order chi connectivity index (χ0) is 10.1. The third kappa shape index (κ3) is 1.49. The summed E-state index contributed by atoms with van der Waals surface area (Å²) in [6.07, 6.45) is 0.0934. The van der Waals surface area contributed by atoms with Gasteiger partial charge in [0.1, 0.15) is 5.75 Å². The van der Waals surface area contributed by atoms with Crippen LogP contribution < -0.4 is 10.5 Å². The number of hydrogen-bond donors (Lipinski definition) is 1. The van der Waals surface area contributed by atoms with E-state index in [4.69, 9.17) is 15.2 Å². The highest BCUT2D eigenvalue weighted by Gasteiger charge is 2.23. The molecule has 1 aromatic rings. The van der Waals surface area contributed by atoms with Crippen molar-refractivity contribution in [3.8, 4) is 5.75 Å². The Kier molecular flexibility index (Phi) is 2.44. The first-order valence-electron chi connectivity index (χ1n) is 4.76. The highest BCUT2D eigenvalue weighted by atomic mass is 16.5. The molecule has 0 fully saturated rings. The van der Waals surface area contributed by atoms with E-state index in [0.717, 1.165) is 11.3 Å². The highest BCUT2D eigenvalue weighted by Crippen LogP contribution is 2.30. The van der Waals surface area contributed by atoms with Crippen LogP contribution >= 0.6 is 0 Å². The van der Waals surface area contributed by atoms with E-state index >= 15 is 0 Å². The van der Waals surface area contributed by atoms with Gasteiger partial charge in [0.05, 0.1) is 25.9 Å². The first kappa shape index (κ1) is 9.49. The summed E-state index contributed by atoms with van der Waals surface area (Å²) in [4.78, 5) is 0. The molecule has 76 valence electrons. The summed E-state index contributed by atoms with van der Waals surface area (Å²) in [6, 6.07) is 5.93. The summed E-state index contributed by atoms with van der Waals surface area (Å²) in [5, 5.41) is 0. The van der Waals surface area contributed by atoms with Crippen LogP contribution in [0.3, 0.4) is 0 Å². The first-order chi connectivity index (χ1) is 6.72. The fourth-order valence-electron chi connectivity index (χ4n) is 1.74. The average Bonchev–Trinajstić information content (AvgIpc) is 2.23. The maximum absolute atomic E-state index is 6.02. The molecule has 1 aliphatic rings. The zero-order valence-electron chi connectivity index (χ0n) is 8.49. The molecule has 0 radical (unpaired) electrons. The molecule has 1 heterocycles. The van der Waals surface area contributed by atoms with E-state index in [0.29, 0.717) is 6.61 Å². The lowest BCUT2D eigenvalue weighted by molar-refractivity contribution is 0.0212. The molecule has 3 heteroatoms. The van der Waals surface area contributed by atoms with Gasteiger partial charge in [0.25, 0.3) is 0 Å². The van der Waals surface area contributed by atoms with Crippen molar-refractivity contribution in [1.29, 1.82) is 0 Å². The summed E-state index contributed by atoms with van der Waals surface area (Å²) in [5.41, 5.74) is 8.32. The number of fused-ring (bicyclic) bond motifs is 1. The van der Waals surface area contributed by atoms with Gasteiger partial charge in [-0.2, -0.15) is 0 Å². The van der Waals surface area contributed by atoms with Crippen LogP contribution in [0.4, 0.5) is 0 Å². The molecule has 14 heavy (non-hydrogen) atoms. The summed E-state index contributed by atoms with van der Waals surface area (Å²) < 4.78 is 10.7. The molecule has 3 nitrogen and oxygen atoms in total. The Labute approximate surface area is 83.8 Å². The molecule has 1 aliphatic heterocycles. The molecule has 1 aromatic carbocycles. The molecule has 2 N–H and O–H groups in total. The Balaban J connectivity index is 2.38. The van der Waals surface area contributed by atoms with Gasteiger partial charge in [0.2, 0.25) is 0 Å². The van der Waals surface area contributed by atoms with Gasteiger partial charge < -0.3 is 15.2 Å². The van der Waals surface area contributed by atoms with Gasteiger partial charge in [-0.3, -0.25) is 0 Å². The van der Waals surface area contributed by atoms with E-state index in [2.05, 4.69) is 0 Å². The highest BCUT2D eigenvalue weighted by molar-refractivity contribution is 5.38. The Morgan fingerprint density at radius 2 is 2.29 bits per heavy atom. The van der Waals surface area contributed by atoms with Gasteiger partial charge in [-0.15, -0.1) is 0 Å². The topological polar surface area (TPSA) is 44.5 Å². The number of hydrogen-bond acceptors (Lipinski definition) is 3. The van der Waals surface area contributed by atoms with Crippen LogP contribution in [0, 0.1) is 0 Å². The Hall–Kier alpha value is -1.06. The fourth-order valence-corrected chi connectivity index (χ4v) is 1.74. The number of nitrogens with two attached hydrogens (primary N) is 1.